The standard InChI is InChI=1S/C10H13N3O2.ClH/c11-9-3-4-13(10(15)12-9)8-2-1-7(5-8)6-14;/h3-5,8,14H,1-2,6H2,(H2,11,12,15);1H. The Morgan fingerprint density at radius 1 is 1.62 bits per heavy atom. The Morgan fingerprint density at radius 2 is 2.38 bits per heavy atom. The second kappa shape index (κ2) is 5.14. The highest BCUT2D eigenvalue weighted by Crippen LogP contribution is 2.26. The molecule has 2 rings (SSSR count). The van der Waals surface area contributed by atoms with Gasteiger partial charge in [-0.15, -0.1) is 12.4 Å². The number of rotatable bonds is 2. The first-order chi connectivity index (χ1) is 7.20. The second-order valence-corrected chi connectivity index (χ2v) is 3.63. The predicted molar refractivity (Wildman–Crippen MR) is 63.6 cm³/mol. The van der Waals surface area contributed by atoms with Crippen molar-refractivity contribution in [2.45, 2.75) is 18.9 Å². The lowest BCUT2D eigenvalue weighted by molar-refractivity contribution is 0.328. The van der Waals surface area contributed by atoms with Gasteiger partial charge in [-0.1, -0.05) is 6.08 Å². The van der Waals surface area contributed by atoms with Crippen molar-refractivity contribution in [3.63, 3.8) is 0 Å². The Labute approximate surface area is 99.0 Å². The molecule has 1 heterocycles. The monoisotopic (exact) mass is 243 g/mol. The zero-order valence-corrected chi connectivity index (χ0v) is 9.48. The largest absolute Gasteiger partial charge is 0.392 e. The van der Waals surface area contributed by atoms with Gasteiger partial charge in [0.15, 0.2) is 0 Å². The average Bonchev–Trinajstić information content (AvgIpc) is 2.66. The molecule has 0 bridgehead atoms. The van der Waals surface area contributed by atoms with Gasteiger partial charge >= 0.3 is 5.69 Å². The van der Waals surface area contributed by atoms with Crippen LogP contribution in [0.2, 0.25) is 0 Å². The van der Waals surface area contributed by atoms with Crippen LogP contribution in [-0.4, -0.2) is 21.3 Å². The van der Waals surface area contributed by atoms with Crippen LogP contribution in [0.3, 0.4) is 0 Å². The Bertz CT molecular complexity index is 456. The van der Waals surface area contributed by atoms with Gasteiger partial charge in [-0.25, -0.2) is 4.79 Å². The van der Waals surface area contributed by atoms with E-state index in [4.69, 9.17) is 10.8 Å². The maximum absolute atomic E-state index is 11.5. The second-order valence-electron chi connectivity index (χ2n) is 3.63. The maximum Gasteiger partial charge on any atom is 0.350 e. The zero-order chi connectivity index (χ0) is 10.8. The fourth-order valence-corrected chi connectivity index (χ4v) is 1.80. The minimum Gasteiger partial charge on any atom is -0.392 e. The lowest BCUT2D eigenvalue weighted by atomic mass is 10.2. The van der Waals surface area contributed by atoms with Crippen LogP contribution in [0.25, 0.3) is 0 Å². The van der Waals surface area contributed by atoms with E-state index in [2.05, 4.69) is 4.98 Å². The van der Waals surface area contributed by atoms with Crippen LogP contribution in [0.1, 0.15) is 18.9 Å². The van der Waals surface area contributed by atoms with Gasteiger partial charge < -0.3 is 10.8 Å². The van der Waals surface area contributed by atoms with E-state index in [9.17, 15) is 4.79 Å². The predicted octanol–water partition coefficient (Wildman–Crippen LogP) is 0.501. The van der Waals surface area contributed by atoms with E-state index in [1.54, 1.807) is 16.8 Å². The first kappa shape index (κ1) is 12.7. The molecule has 0 spiro atoms. The molecule has 0 radical (unpaired) electrons. The van der Waals surface area contributed by atoms with Crippen LogP contribution in [0.5, 0.6) is 0 Å². The molecule has 1 aliphatic carbocycles. The van der Waals surface area contributed by atoms with Crippen molar-refractivity contribution in [1.82, 2.24) is 9.55 Å². The number of halogens is 1. The summed E-state index contributed by atoms with van der Waals surface area (Å²) in [5, 5.41) is 8.95. The topological polar surface area (TPSA) is 81.1 Å². The van der Waals surface area contributed by atoms with E-state index >= 15 is 0 Å². The Morgan fingerprint density at radius 3 is 2.94 bits per heavy atom. The summed E-state index contributed by atoms with van der Waals surface area (Å²) in [4.78, 5) is 15.2. The Kier molecular flexibility index (Phi) is 4.09. The summed E-state index contributed by atoms with van der Waals surface area (Å²) in [6.45, 7) is 0.0631. The fraction of sp³-hybridized carbons (Fsp3) is 0.400. The molecule has 1 atom stereocenters. The van der Waals surface area contributed by atoms with Gasteiger partial charge in [0.2, 0.25) is 0 Å². The number of anilines is 1. The van der Waals surface area contributed by atoms with Gasteiger partial charge in [0.1, 0.15) is 5.82 Å². The summed E-state index contributed by atoms with van der Waals surface area (Å²) in [6.07, 6.45) is 5.23. The summed E-state index contributed by atoms with van der Waals surface area (Å²) >= 11 is 0. The quantitative estimate of drug-likeness (QED) is 0.742. The first-order valence-electron chi connectivity index (χ1n) is 4.86. The number of nitrogens with two attached hydrogens (primary N) is 1. The number of nitrogens with zero attached hydrogens (tertiary/aromatic N) is 2. The highest BCUT2D eigenvalue weighted by Gasteiger charge is 2.17. The fourth-order valence-electron chi connectivity index (χ4n) is 1.80. The molecular formula is C10H14ClN3O2. The third-order valence-electron chi connectivity index (χ3n) is 2.60. The number of allylic oxidation sites excluding steroid dienone is 1. The van der Waals surface area contributed by atoms with E-state index in [1.807, 2.05) is 6.08 Å². The molecule has 1 unspecified atom stereocenters. The van der Waals surface area contributed by atoms with Crippen molar-refractivity contribution < 1.29 is 5.11 Å². The molecule has 0 amide bonds. The van der Waals surface area contributed by atoms with Crippen molar-refractivity contribution in [2.24, 2.45) is 0 Å². The molecule has 0 saturated heterocycles. The van der Waals surface area contributed by atoms with Crippen molar-refractivity contribution in [3.8, 4) is 0 Å². The molecule has 1 aromatic heterocycles. The van der Waals surface area contributed by atoms with Crippen molar-refractivity contribution >= 4 is 18.2 Å². The summed E-state index contributed by atoms with van der Waals surface area (Å²) in [6, 6.07) is 1.61. The summed E-state index contributed by atoms with van der Waals surface area (Å²) in [7, 11) is 0. The smallest absolute Gasteiger partial charge is 0.350 e. The number of hydrogen-bond donors (Lipinski definition) is 2. The third-order valence-corrected chi connectivity index (χ3v) is 2.60. The van der Waals surface area contributed by atoms with Gasteiger partial charge in [-0.05, 0) is 24.5 Å². The molecule has 1 aromatic rings. The van der Waals surface area contributed by atoms with Crippen LogP contribution in [-0.2, 0) is 0 Å². The zero-order valence-electron chi connectivity index (χ0n) is 8.67. The van der Waals surface area contributed by atoms with Crippen LogP contribution >= 0.6 is 12.4 Å². The normalized spacial score (nSPS) is 19.1. The molecule has 16 heavy (non-hydrogen) atoms. The third kappa shape index (κ3) is 2.43. The van der Waals surface area contributed by atoms with Crippen molar-refractivity contribution in [2.75, 3.05) is 12.3 Å². The lowest BCUT2D eigenvalue weighted by Gasteiger charge is -2.10. The van der Waals surface area contributed by atoms with E-state index in [-0.39, 0.29) is 36.6 Å². The summed E-state index contributed by atoms with van der Waals surface area (Å²) in [5.41, 5.74) is 6.04. The molecule has 0 aliphatic heterocycles. The molecule has 0 aromatic carbocycles. The first-order valence-corrected chi connectivity index (χ1v) is 4.86. The number of hydrogen-bond acceptors (Lipinski definition) is 4. The minimum absolute atomic E-state index is 0. The molecular weight excluding hydrogens is 230 g/mol. The molecule has 5 nitrogen and oxygen atoms in total. The van der Waals surface area contributed by atoms with E-state index in [0.29, 0.717) is 0 Å². The Hall–Kier alpha value is -1.33. The van der Waals surface area contributed by atoms with Crippen molar-refractivity contribution in [1.29, 1.82) is 0 Å². The van der Waals surface area contributed by atoms with Gasteiger partial charge in [0.05, 0.1) is 12.6 Å². The Balaban J connectivity index is 0.00000128. The number of nitrogen functional groups attached to an aromatic ring is 1. The van der Waals surface area contributed by atoms with Gasteiger partial charge in [-0.3, -0.25) is 4.57 Å². The average molecular weight is 244 g/mol. The lowest BCUT2D eigenvalue weighted by Crippen LogP contribution is -2.25. The highest BCUT2D eigenvalue weighted by atomic mass is 35.5. The van der Waals surface area contributed by atoms with Crippen LogP contribution in [0.4, 0.5) is 5.82 Å². The molecule has 0 fully saturated rings. The van der Waals surface area contributed by atoms with Crippen molar-refractivity contribution in [3.05, 3.63) is 34.4 Å². The molecule has 0 saturated carbocycles. The summed E-state index contributed by atoms with van der Waals surface area (Å²) < 4.78 is 1.54. The van der Waals surface area contributed by atoms with Crippen LogP contribution in [0, 0.1) is 0 Å². The number of aliphatic hydroxyl groups is 1. The minimum atomic E-state index is -0.338. The van der Waals surface area contributed by atoms with E-state index in [1.165, 1.54) is 0 Å². The maximum atomic E-state index is 11.5. The van der Waals surface area contributed by atoms with Gasteiger partial charge in [0, 0.05) is 6.20 Å². The summed E-state index contributed by atoms with van der Waals surface area (Å²) in [5.74, 6) is 0.237. The van der Waals surface area contributed by atoms with Gasteiger partial charge in [-0.2, -0.15) is 4.98 Å². The van der Waals surface area contributed by atoms with E-state index < -0.39 is 0 Å². The number of aromatic nitrogens is 2. The molecule has 6 heteroatoms. The molecule has 3 N–H and O–H groups in total. The molecule has 1 aliphatic rings. The SMILES string of the molecule is Cl.Nc1ccn(C2C=C(CO)CC2)c(=O)n1. The van der Waals surface area contributed by atoms with Crippen LogP contribution < -0.4 is 11.4 Å². The number of aliphatic hydroxyl groups excluding tert-OH is 1. The molecule has 88 valence electrons. The highest BCUT2D eigenvalue weighted by molar-refractivity contribution is 5.85. The van der Waals surface area contributed by atoms with Crippen LogP contribution in [0.15, 0.2) is 28.7 Å². The van der Waals surface area contributed by atoms with Gasteiger partial charge in [0.25, 0.3) is 0 Å². The van der Waals surface area contributed by atoms with E-state index in [0.717, 1.165) is 18.4 Å².